The molecule has 6 rings (SSSR count). The lowest BCUT2D eigenvalue weighted by Gasteiger charge is -2.38. The van der Waals surface area contributed by atoms with E-state index in [-0.39, 0.29) is 11.2 Å². The van der Waals surface area contributed by atoms with Crippen molar-refractivity contribution in [1.82, 2.24) is 14.8 Å². The summed E-state index contributed by atoms with van der Waals surface area (Å²) in [5, 5.41) is 8.36. The molecule has 1 aliphatic heterocycles. The summed E-state index contributed by atoms with van der Waals surface area (Å²) in [6.07, 6.45) is 1.24. The number of ketones is 1. The number of carbonyl (C=O) groups excluding carboxylic acids is 1. The van der Waals surface area contributed by atoms with Gasteiger partial charge in [-0.15, -0.1) is 5.10 Å². The van der Waals surface area contributed by atoms with E-state index in [1.807, 2.05) is 90.5 Å². The fourth-order valence-electron chi connectivity index (χ4n) is 5.44. The lowest BCUT2D eigenvalue weighted by atomic mass is 9.73. The summed E-state index contributed by atoms with van der Waals surface area (Å²) >= 11 is 0. The van der Waals surface area contributed by atoms with Gasteiger partial charge in [0.1, 0.15) is 12.6 Å². The standard InChI is InChI=1S/C32H32N4O3/c1-4-38-27-17-23(15-16-26(27)39-20-21-11-7-5-8-12-21)29-28-24(18-32(2,3)19-25(28)37)33-31-34-30(35-36(29)31)22-13-9-6-10-14-22/h5-17,29H,4,18-20H2,1-3H3,(H,33,34,35). The van der Waals surface area contributed by atoms with Gasteiger partial charge in [0.15, 0.2) is 23.1 Å². The van der Waals surface area contributed by atoms with E-state index in [1.165, 1.54) is 0 Å². The summed E-state index contributed by atoms with van der Waals surface area (Å²) in [6.45, 7) is 7.14. The van der Waals surface area contributed by atoms with Crippen LogP contribution in [0.2, 0.25) is 0 Å². The van der Waals surface area contributed by atoms with E-state index in [2.05, 4.69) is 19.2 Å². The average molecular weight is 521 g/mol. The second kappa shape index (κ2) is 10.1. The topological polar surface area (TPSA) is 78.3 Å². The maximum Gasteiger partial charge on any atom is 0.226 e. The number of hydrogen-bond donors (Lipinski definition) is 1. The SMILES string of the molecule is CCOc1cc(C2C3=C(CC(C)(C)CC3=O)Nc3nc(-c4ccccc4)nn32)ccc1OCc1ccccc1. The number of Topliss-reactive ketones (excluding diaryl/α,β-unsaturated/α-hetero) is 1. The van der Waals surface area contributed by atoms with Crippen molar-refractivity contribution in [1.29, 1.82) is 0 Å². The maximum atomic E-state index is 13.6. The molecule has 1 atom stereocenters. The lowest BCUT2D eigenvalue weighted by Crippen LogP contribution is -2.36. The van der Waals surface area contributed by atoms with Crippen molar-refractivity contribution in [2.75, 3.05) is 11.9 Å². The average Bonchev–Trinajstić information content (AvgIpc) is 3.35. The molecule has 4 aromatic rings. The molecule has 1 aromatic heterocycles. The van der Waals surface area contributed by atoms with Crippen LogP contribution in [0.4, 0.5) is 5.95 Å². The van der Waals surface area contributed by atoms with Gasteiger partial charge in [-0.2, -0.15) is 4.98 Å². The van der Waals surface area contributed by atoms with Crippen molar-refractivity contribution in [3.8, 4) is 22.9 Å². The Balaban J connectivity index is 1.43. The zero-order valence-electron chi connectivity index (χ0n) is 22.5. The van der Waals surface area contributed by atoms with E-state index >= 15 is 0 Å². The zero-order valence-corrected chi connectivity index (χ0v) is 22.5. The van der Waals surface area contributed by atoms with Crippen molar-refractivity contribution in [3.63, 3.8) is 0 Å². The summed E-state index contributed by atoms with van der Waals surface area (Å²) in [5.74, 6) is 2.67. The third-order valence-corrected chi connectivity index (χ3v) is 7.18. The van der Waals surface area contributed by atoms with Crippen LogP contribution in [0.25, 0.3) is 11.4 Å². The second-order valence-electron chi connectivity index (χ2n) is 10.8. The minimum absolute atomic E-state index is 0.128. The van der Waals surface area contributed by atoms with Crippen molar-refractivity contribution >= 4 is 11.7 Å². The number of hydrogen-bond acceptors (Lipinski definition) is 6. The second-order valence-corrected chi connectivity index (χ2v) is 10.8. The molecule has 39 heavy (non-hydrogen) atoms. The molecule has 2 aliphatic rings. The van der Waals surface area contributed by atoms with Gasteiger partial charge in [0, 0.05) is 23.3 Å². The Morgan fingerprint density at radius 1 is 0.949 bits per heavy atom. The van der Waals surface area contributed by atoms with Crippen LogP contribution in [0.1, 0.15) is 50.8 Å². The van der Waals surface area contributed by atoms with Gasteiger partial charge in [0.05, 0.1) is 6.61 Å². The molecular formula is C32H32N4O3. The number of allylic oxidation sites excluding steroid dienone is 2. The summed E-state index contributed by atoms with van der Waals surface area (Å²) in [6, 6.07) is 25.4. The number of aromatic nitrogens is 3. The molecule has 1 aliphatic carbocycles. The summed E-state index contributed by atoms with van der Waals surface area (Å²) in [7, 11) is 0. The molecule has 7 heteroatoms. The number of rotatable bonds is 7. The highest BCUT2D eigenvalue weighted by molar-refractivity contribution is 6.00. The molecule has 7 nitrogen and oxygen atoms in total. The predicted molar refractivity (Wildman–Crippen MR) is 151 cm³/mol. The molecule has 198 valence electrons. The summed E-state index contributed by atoms with van der Waals surface area (Å²) < 4.78 is 14.0. The first-order valence-corrected chi connectivity index (χ1v) is 13.4. The molecule has 0 saturated heterocycles. The Hall–Kier alpha value is -4.39. The van der Waals surface area contributed by atoms with Gasteiger partial charge in [-0.1, -0.05) is 80.6 Å². The number of nitrogens with zero attached hydrogens (tertiary/aromatic N) is 3. The largest absolute Gasteiger partial charge is 0.490 e. The first-order valence-electron chi connectivity index (χ1n) is 13.4. The van der Waals surface area contributed by atoms with Gasteiger partial charge in [0.2, 0.25) is 5.95 Å². The molecule has 0 spiro atoms. The van der Waals surface area contributed by atoms with Crippen LogP contribution in [-0.4, -0.2) is 27.2 Å². The fraction of sp³-hybridized carbons (Fsp3) is 0.281. The third-order valence-electron chi connectivity index (χ3n) is 7.18. The molecule has 0 bridgehead atoms. The number of benzene rings is 3. The Labute approximate surface area is 228 Å². The van der Waals surface area contributed by atoms with E-state index < -0.39 is 6.04 Å². The van der Waals surface area contributed by atoms with E-state index in [1.54, 1.807) is 0 Å². The van der Waals surface area contributed by atoms with Crippen molar-refractivity contribution in [2.24, 2.45) is 5.41 Å². The first-order chi connectivity index (χ1) is 18.9. The van der Waals surface area contributed by atoms with Crippen LogP contribution < -0.4 is 14.8 Å². The number of carbonyl (C=O) groups is 1. The van der Waals surface area contributed by atoms with Gasteiger partial charge < -0.3 is 14.8 Å². The van der Waals surface area contributed by atoms with Crippen LogP contribution in [0.5, 0.6) is 11.5 Å². The van der Waals surface area contributed by atoms with Crippen molar-refractivity contribution in [2.45, 2.75) is 46.3 Å². The molecular weight excluding hydrogens is 488 g/mol. The first kappa shape index (κ1) is 24.9. The van der Waals surface area contributed by atoms with Gasteiger partial charge >= 0.3 is 0 Å². The minimum Gasteiger partial charge on any atom is -0.490 e. The van der Waals surface area contributed by atoms with E-state index in [4.69, 9.17) is 19.6 Å². The molecule has 2 heterocycles. The summed E-state index contributed by atoms with van der Waals surface area (Å²) in [4.78, 5) is 18.5. The highest BCUT2D eigenvalue weighted by atomic mass is 16.5. The number of fused-ring (bicyclic) bond motifs is 1. The maximum absolute atomic E-state index is 13.6. The quantitative estimate of drug-likeness (QED) is 0.297. The molecule has 0 radical (unpaired) electrons. The van der Waals surface area contributed by atoms with Gasteiger partial charge in [-0.05, 0) is 42.0 Å². The molecule has 1 N–H and O–H groups in total. The van der Waals surface area contributed by atoms with E-state index in [0.717, 1.165) is 34.4 Å². The van der Waals surface area contributed by atoms with Crippen LogP contribution in [0, 0.1) is 5.41 Å². The van der Waals surface area contributed by atoms with Crippen LogP contribution in [-0.2, 0) is 11.4 Å². The van der Waals surface area contributed by atoms with Crippen molar-refractivity contribution < 1.29 is 14.3 Å². The van der Waals surface area contributed by atoms with Crippen molar-refractivity contribution in [3.05, 3.63) is 101 Å². The van der Waals surface area contributed by atoms with Gasteiger partial charge in [0.25, 0.3) is 0 Å². The van der Waals surface area contributed by atoms with Gasteiger partial charge in [-0.25, -0.2) is 4.68 Å². The molecule has 3 aromatic carbocycles. The Morgan fingerprint density at radius 3 is 2.44 bits per heavy atom. The lowest BCUT2D eigenvalue weighted by molar-refractivity contribution is -0.118. The Kier molecular flexibility index (Phi) is 6.43. The highest BCUT2D eigenvalue weighted by Gasteiger charge is 2.42. The molecule has 0 fully saturated rings. The smallest absolute Gasteiger partial charge is 0.226 e. The zero-order chi connectivity index (χ0) is 27.0. The summed E-state index contributed by atoms with van der Waals surface area (Å²) in [5.41, 5.74) is 4.43. The molecule has 0 amide bonds. The van der Waals surface area contributed by atoms with Crippen LogP contribution >= 0.6 is 0 Å². The molecule has 1 unspecified atom stereocenters. The Bertz CT molecular complexity index is 1540. The normalized spacial score (nSPS) is 17.7. The van der Waals surface area contributed by atoms with E-state index in [0.29, 0.717) is 42.9 Å². The minimum atomic E-state index is -0.424. The monoisotopic (exact) mass is 520 g/mol. The van der Waals surface area contributed by atoms with Gasteiger partial charge in [-0.3, -0.25) is 4.79 Å². The van der Waals surface area contributed by atoms with E-state index in [9.17, 15) is 4.79 Å². The van der Waals surface area contributed by atoms with Crippen LogP contribution in [0.3, 0.4) is 0 Å². The number of nitrogens with one attached hydrogen (secondary N) is 1. The highest BCUT2D eigenvalue weighted by Crippen LogP contribution is 2.46. The Morgan fingerprint density at radius 2 is 1.69 bits per heavy atom. The van der Waals surface area contributed by atoms with Crippen LogP contribution in [0.15, 0.2) is 90.1 Å². The number of ether oxygens (including phenoxy) is 2. The predicted octanol–water partition coefficient (Wildman–Crippen LogP) is 6.58. The third kappa shape index (κ3) is 4.92. The fourth-order valence-corrected chi connectivity index (χ4v) is 5.44. The number of anilines is 1. The molecule has 0 saturated carbocycles.